The number of halogens is 3. The van der Waals surface area contributed by atoms with Crippen LogP contribution in [0.1, 0.15) is 41.4 Å². The van der Waals surface area contributed by atoms with Gasteiger partial charge in [0.25, 0.3) is 5.91 Å². The molecule has 42 heavy (non-hydrogen) atoms. The van der Waals surface area contributed by atoms with E-state index in [2.05, 4.69) is 25.7 Å². The van der Waals surface area contributed by atoms with Crippen molar-refractivity contribution in [2.24, 2.45) is 5.16 Å². The molecule has 224 valence electrons. The van der Waals surface area contributed by atoms with Crippen molar-refractivity contribution in [2.75, 3.05) is 25.1 Å². The van der Waals surface area contributed by atoms with Gasteiger partial charge in [-0.2, -0.15) is 13.2 Å². The number of anilines is 1. The maximum Gasteiger partial charge on any atom is 0.451 e. The first-order valence-electron chi connectivity index (χ1n) is 13.2. The highest BCUT2D eigenvalue weighted by Crippen LogP contribution is 2.34. The number of ether oxygens (including phenoxy) is 1. The van der Waals surface area contributed by atoms with Crippen LogP contribution in [0.25, 0.3) is 0 Å². The van der Waals surface area contributed by atoms with Crippen molar-refractivity contribution in [3.8, 4) is 0 Å². The van der Waals surface area contributed by atoms with Crippen molar-refractivity contribution in [1.82, 2.24) is 24.6 Å². The number of nitrogens with one attached hydrogen (secondary N) is 1. The Labute approximate surface area is 242 Å². The molecule has 3 aromatic rings. The first kappa shape index (κ1) is 28.7. The minimum atomic E-state index is -4.56. The number of thiazole rings is 1. The molecule has 0 unspecified atom stereocenters. The highest BCUT2D eigenvalue weighted by molar-refractivity contribution is 7.92. The Morgan fingerprint density at radius 2 is 1.95 bits per heavy atom. The van der Waals surface area contributed by atoms with Crippen LogP contribution >= 0.6 is 11.3 Å². The molecule has 1 aliphatic carbocycles. The molecule has 1 aromatic carbocycles. The second-order valence-corrected chi connectivity index (χ2v) is 13.5. The predicted molar refractivity (Wildman–Crippen MR) is 143 cm³/mol. The van der Waals surface area contributed by atoms with Crippen LogP contribution in [-0.4, -0.2) is 75.8 Å². The lowest BCUT2D eigenvalue weighted by molar-refractivity contribution is -0.148. The number of hydrogen-bond donors (Lipinski definition) is 1. The molecule has 1 N–H and O–H groups in total. The number of oxime groups is 1. The van der Waals surface area contributed by atoms with E-state index in [0.29, 0.717) is 56.3 Å². The molecule has 0 bridgehead atoms. The summed E-state index contributed by atoms with van der Waals surface area (Å²) in [5.74, 6) is -1.37. The third-order valence-corrected chi connectivity index (χ3v) is 10.2. The topological polar surface area (TPSA) is 141 Å². The van der Waals surface area contributed by atoms with Gasteiger partial charge < -0.3 is 14.1 Å². The number of hydrogen-bond acceptors (Lipinski definition) is 11. The highest BCUT2D eigenvalue weighted by atomic mass is 32.2. The van der Waals surface area contributed by atoms with Gasteiger partial charge in [-0.3, -0.25) is 15.0 Å². The van der Waals surface area contributed by atoms with Gasteiger partial charge in [-0.25, -0.2) is 13.4 Å². The number of fused-ring (bicyclic) bond motifs is 1. The summed E-state index contributed by atoms with van der Waals surface area (Å²) in [6, 6.07) is 5.97. The van der Waals surface area contributed by atoms with E-state index in [9.17, 15) is 26.4 Å². The lowest BCUT2D eigenvalue weighted by Crippen LogP contribution is -2.34. The number of nitrogens with zero attached hydrogens (tertiary/aromatic N) is 6. The lowest BCUT2D eigenvalue weighted by atomic mass is 10.1. The molecule has 3 aliphatic rings. The second-order valence-electron chi connectivity index (χ2n) is 10.2. The maximum atomic E-state index is 13.3. The summed E-state index contributed by atoms with van der Waals surface area (Å²) in [7, 11) is -3.39. The van der Waals surface area contributed by atoms with Gasteiger partial charge in [-0.15, -0.1) is 21.5 Å². The summed E-state index contributed by atoms with van der Waals surface area (Å²) in [5.41, 5.74) is 0.318. The molecule has 17 heteroatoms. The number of carbonyl (C=O) groups excluding carboxylic acids is 1. The molecule has 2 aliphatic heterocycles. The Kier molecular flexibility index (Phi) is 7.75. The molecular formula is C25H26F3N7O5S2. The van der Waals surface area contributed by atoms with E-state index in [4.69, 9.17) is 9.57 Å². The monoisotopic (exact) mass is 625 g/mol. The summed E-state index contributed by atoms with van der Waals surface area (Å²) >= 11 is 1.21. The molecule has 1 amide bonds. The minimum Gasteiger partial charge on any atom is -0.389 e. The van der Waals surface area contributed by atoms with Crippen LogP contribution < -0.4 is 5.32 Å². The van der Waals surface area contributed by atoms with Gasteiger partial charge in [0, 0.05) is 42.7 Å². The first-order chi connectivity index (χ1) is 20.1. The summed E-state index contributed by atoms with van der Waals surface area (Å²) < 4.78 is 70.9. The molecule has 0 spiro atoms. The number of rotatable bonds is 9. The van der Waals surface area contributed by atoms with Gasteiger partial charge in [0.2, 0.25) is 5.82 Å². The quantitative estimate of drug-likeness (QED) is 0.281. The molecular weight excluding hydrogens is 599 g/mol. The number of amides is 1. The first-order valence-corrected chi connectivity index (χ1v) is 15.6. The summed E-state index contributed by atoms with van der Waals surface area (Å²) in [6.45, 7) is 1.91. The molecule has 2 fully saturated rings. The van der Waals surface area contributed by atoms with E-state index in [1.807, 2.05) is 4.90 Å². The molecule has 6 rings (SSSR count). The van der Waals surface area contributed by atoms with Gasteiger partial charge >= 0.3 is 6.18 Å². The highest BCUT2D eigenvalue weighted by Gasteiger charge is 2.39. The fourth-order valence-corrected chi connectivity index (χ4v) is 7.20. The minimum absolute atomic E-state index is 0.0511. The smallest absolute Gasteiger partial charge is 0.389 e. The van der Waals surface area contributed by atoms with Gasteiger partial charge in [-0.1, -0.05) is 17.3 Å². The van der Waals surface area contributed by atoms with E-state index < -0.39 is 27.7 Å². The number of aromatic nitrogens is 4. The molecule has 1 saturated heterocycles. The molecule has 1 atom stereocenters. The molecule has 1 saturated carbocycles. The van der Waals surface area contributed by atoms with Crippen LogP contribution in [0.15, 0.2) is 40.5 Å². The van der Waals surface area contributed by atoms with Gasteiger partial charge in [0.1, 0.15) is 5.82 Å². The van der Waals surface area contributed by atoms with Crippen molar-refractivity contribution in [1.29, 1.82) is 0 Å². The van der Waals surface area contributed by atoms with Crippen LogP contribution in [-0.2, 0) is 50.0 Å². The van der Waals surface area contributed by atoms with E-state index in [0.717, 1.165) is 9.44 Å². The average Bonchev–Trinajstić information content (AvgIpc) is 3.30. The zero-order valence-electron chi connectivity index (χ0n) is 22.1. The Bertz CT molecular complexity index is 1590. The van der Waals surface area contributed by atoms with Crippen LogP contribution in [0, 0.1) is 0 Å². The zero-order valence-corrected chi connectivity index (χ0v) is 23.7. The third-order valence-electron chi connectivity index (χ3n) is 7.05. The van der Waals surface area contributed by atoms with E-state index in [-0.39, 0.29) is 40.9 Å². The van der Waals surface area contributed by atoms with Crippen molar-refractivity contribution < 1.29 is 36.0 Å². The molecule has 12 nitrogen and oxygen atoms in total. The Balaban J connectivity index is 1.14. The summed E-state index contributed by atoms with van der Waals surface area (Å²) in [5, 5.41) is 13.8. The Hall–Kier alpha value is -3.41. The second kappa shape index (κ2) is 11.3. The van der Waals surface area contributed by atoms with Gasteiger partial charge in [0.05, 0.1) is 29.9 Å². The van der Waals surface area contributed by atoms with Crippen LogP contribution in [0.2, 0.25) is 0 Å². The predicted octanol–water partition coefficient (Wildman–Crippen LogP) is 2.85. The SMILES string of the molecule is O=C(Nc1ncc(CN2CCn3c(nnc3C(F)(F)F)C2)s1)/C(=N/O[C@@H]1CCOC1)c1ccc(S(=O)(=O)C2CC2)cc1. The van der Waals surface area contributed by atoms with Crippen molar-refractivity contribution in [3.05, 3.63) is 52.6 Å². The molecule has 0 radical (unpaired) electrons. The largest absolute Gasteiger partial charge is 0.451 e. The summed E-state index contributed by atoms with van der Waals surface area (Å²) in [4.78, 5) is 26.0. The number of sulfone groups is 1. The van der Waals surface area contributed by atoms with Gasteiger partial charge in [-0.05, 0) is 25.0 Å². The standard InChI is InChI=1S/C25H26F3N7O5S2/c26-25(27,28)23-32-31-20-13-34(8-9-35(20)23)12-17-11-29-24(41-17)30-22(36)21(33-40-16-7-10-39-14-16)15-1-3-18(4-2-15)42(37,38)19-5-6-19/h1-4,11,16,19H,5-10,12-14H2,(H,29,30,36)/b33-21+/t16-/m1/s1. The third kappa shape index (κ3) is 6.18. The zero-order chi connectivity index (χ0) is 29.5. The van der Waals surface area contributed by atoms with Crippen LogP contribution in [0.4, 0.5) is 18.3 Å². The van der Waals surface area contributed by atoms with E-state index in [1.54, 1.807) is 6.20 Å². The molecule has 4 heterocycles. The van der Waals surface area contributed by atoms with Gasteiger partial charge in [0.15, 0.2) is 26.8 Å². The maximum absolute atomic E-state index is 13.3. The van der Waals surface area contributed by atoms with Crippen LogP contribution in [0.5, 0.6) is 0 Å². The van der Waals surface area contributed by atoms with Crippen molar-refractivity contribution >= 4 is 37.9 Å². The Morgan fingerprint density at radius 3 is 2.64 bits per heavy atom. The average molecular weight is 626 g/mol. The van der Waals surface area contributed by atoms with Crippen molar-refractivity contribution in [3.63, 3.8) is 0 Å². The van der Waals surface area contributed by atoms with Crippen molar-refractivity contribution in [2.45, 2.75) is 61.3 Å². The number of benzene rings is 1. The number of alkyl halides is 3. The fraction of sp³-hybridized carbons (Fsp3) is 0.480. The van der Waals surface area contributed by atoms with E-state index in [1.165, 1.54) is 35.6 Å². The van der Waals surface area contributed by atoms with Crippen LogP contribution in [0.3, 0.4) is 0 Å². The normalized spacial score (nSPS) is 20.0. The van der Waals surface area contributed by atoms with E-state index >= 15 is 0 Å². The fourth-order valence-electron chi connectivity index (χ4n) is 4.69. The Morgan fingerprint density at radius 1 is 1.17 bits per heavy atom. The summed E-state index contributed by atoms with van der Waals surface area (Å²) in [6.07, 6.45) is -1.38. The molecule has 2 aromatic heterocycles. The lowest BCUT2D eigenvalue weighted by Gasteiger charge is -2.27. The number of carbonyl (C=O) groups is 1.